The molecule has 1 aliphatic rings. The average molecular weight is 266 g/mol. The van der Waals surface area contributed by atoms with Crippen LogP contribution in [0, 0.1) is 12.8 Å². The summed E-state index contributed by atoms with van der Waals surface area (Å²) in [5, 5.41) is 11.4. The summed E-state index contributed by atoms with van der Waals surface area (Å²) in [6, 6.07) is 0. The van der Waals surface area contributed by atoms with Crippen LogP contribution < -0.4 is 5.32 Å². The Balaban J connectivity index is 1.72. The number of aryl methyl sites for hydroxylation is 1. The summed E-state index contributed by atoms with van der Waals surface area (Å²) in [5.74, 6) is 0.798. The van der Waals surface area contributed by atoms with E-state index in [1.54, 1.807) is 0 Å². The van der Waals surface area contributed by atoms with Crippen molar-refractivity contribution in [3.05, 3.63) is 11.4 Å². The number of rotatable bonds is 4. The van der Waals surface area contributed by atoms with Crippen LogP contribution in [-0.4, -0.2) is 40.4 Å². The van der Waals surface area contributed by atoms with Crippen molar-refractivity contribution in [2.75, 3.05) is 19.6 Å². The maximum absolute atomic E-state index is 4.75. The van der Waals surface area contributed by atoms with E-state index in [0.717, 1.165) is 43.5 Å². The van der Waals surface area contributed by atoms with Gasteiger partial charge in [0.05, 0.1) is 0 Å². The molecule has 1 fully saturated rings. The molecule has 108 valence electrons. The van der Waals surface area contributed by atoms with Crippen molar-refractivity contribution in [1.29, 1.82) is 0 Å². The number of hydrogen-bond acceptors (Lipinski definition) is 5. The highest BCUT2D eigenvalue weighted by Gasteiger charge is 2.22. The molecule has 0 aromatic carbocycles. The Kier molecular flexibility index (Phi) is 4.58. The van der Waals surface area contributed by atoms with E-state index in [1.807, 2.05) is 6.92 Å². The number of aromatic nitrogens is 2. The lowest BCUT2D eigenvalue weighted by atomic mass is 9.95. The Labute approximate surface area is 115 Å². The highest BCUT2D eigenvalue weighted by molar-refractivity contribution is 5.04. The van der Waals surface area contributed by atoms with Gasteiger partial charge in [0.2, 0.25) is 0 Å². The third kappa shape index (κ3) is 4.58. The van der Waals surface area contributed by atoms with Crippen LogP contribution >= 0.6 is 0 Å². The molecule has 0 bridgehead atoms. The number of likely N-dealkylation sites (tertiary alicyclic amines) is 1. The van der Waals surface area contributed by atoms with Gasteiger partial charge in [-0.25, -0.2) is 4.63 Å². The Bertz CT molecular complexity index is 388. The van der Waals surface area contributed by atoms with Crippen molar-refractivity contribution < 1.29 is 4.63 Å². The first-order valence-corrected chi connectivity index (χ1v) is 7.19. The van der Waals surface area contributed by atoms with Gasteiger partial charge in [0, 0.05) is 12.1 Å². The van der Waals surface area contributed by atoms with E-state index < -0.39 is 0 Å². The van der Waals surface area contributed by atoms with Gasteiger partial charge >= 0.3 is 0 Å². The minimum absolute atomic E-state index is 0.223. The van der Waals surface area contributed by atoms with Crippen LogP contribution in [0.2, 0.25) is 0 Å². The second-order valence-corrected chi connectivity index (χ2v) is 6.65. The summed E-state index contributed by atoms with van der Waals surface area (Å²) in [6.45, 7) is 12.9. The minimum atomic E-state index is 0.223. The molecule has 0 unspecified atom stereocenters. The lowest BCUT2D eigenvalue weighted by molar-refractivity contribution is 0.166. The fourth-order valence-corrected chi connectivity index (χ4v) is 2.40. The molecule has 5 heteroatoms. The molecule has 0 atom stereocenters. The molecule has 0 aliphatic carbocycles. The molecule has 1 saturated heterocycles. The normalized spacial score (nSPS) is 18.9. The maximum atomic E-state index is 4.75. The van der Waals surface area contributed by atoms with Crippen LogP contribution in [0.15, 0.2) is 4.63 Å². The van der Waals surface area contributed by atoms with E-state index in [-0.39, 0.29) is 5.54 Å². The van der Waals surface area contributed by atoms with Gasteiger partial charge in [0.25, 0.3) is 0 Å². The zero-order valence-electron chi connectivity index (χ0n) is 12.6. The van der Waals surface area contributed by atoms with Gasteiger partial charge in [-0.3, -0.25) is 4.90 Å². The largest absolute Gasteiger partial charge is 0.312 e. The van der Waals surface area contributed by atoms with Gasteiger partial charge in [-0.2, -0.15) is 0 Å². The van der Waals surface area contributed by atoms with Crippen LogP contribution in [0.5, 0.6) is 0 Å². The number of nitrogens with zero attached hydrogens (tertiary/aromatic N) is 3. The zero-order chi connectivity index (χ0) is 13.9. The molecule has 2 rings (SSSR count). The fraction of sp³-hybridized carbons (Fsp3) is 0.857. The topological polar surface area (TPSA) is 54.2 Å². The van der Waals surface area contributed by atoms with Crippen molar-refractivity contribution in [2.24, 2.45) is 5.92 Å². The van der Waals surface area contributed by atoms with E-state index in [4.69, 9.17) is 4.63 Å². The fourth-order valence-electron chi connectivity index (χ4n) is 2.40. The second-order valence-electron chi connectivity index (χ2n) is 6.65. The Morgan fingerprint density at radius 1 is 1.26 bits per heavy atom. The van der Waals surface area contributed by atoms with Gasteiger partial charge in [-0.05, 0) is 66.1 Å². The van der Waals surface area contributed by atoms with Crippen LogP contribution in [0.4, 0.5) is 0 Å². The van der Waals surface area contributed by atoms with Crippen LogP contribution in [0.25, 0.3) is 0 Å². The van der Waals surface area contributed by atoms with E-state index in [1.165, 1.54) is 12.8 Å². The van der Waals surface area contributed by atoms with Gasteiger partial charge in [-0.1, -0.05) is 10.3 Å². The summed E-state index contributed by atoms with van der Waals surface area (Å²) in [6.07, 6.45) is 2.51. The van der Waals surface area contributed by atoms with Crippen LogP contribution in [-0.2, 0) is 6.54 Å². The summed E-state index contributed by atoms with van der Waals surface area (Å²) < 4.78 is 4.75. The SMILES string of the molecule is Cc1nonc1CN1CCC(CNC(C)(C)C)CC1. The first-order chi connectivity index (χ1) is 8.94. The summed E-state index contributed by atoms with van der Waals surface area (Å²) >= 11 is 0. The van der Waals surface area contributed by atoms with Crippen molar-refractivity contribution in [3.63, 3.8) is 0 Å². The van der Waals surface area contributed by atoms with Gasteiger partial charge in [-0.15, -0.1) is 0 Å². The molecular weight excluding hydrogens is 240 g/mol. The molecule has 1 aromatic rings. The third-order valence-corrected chi connectivity index (χ3v) is 3.75. The molecule has 1 N–H and O–H groups in total. The van der Waals surface area contributed by atoms with E-state index in [9.17, 15) is 0 Å². The Morgan fingerprint density at radius 2 is 1.95 bits per heavy atom. The van der Waals surface area contributed by atoms with E-state index in [2.05, 4.69) is 41.3 Å². The zero-order valence-corrected chi connectivity index (χ0v) is 12.6. The van der Waals surface area contributed by atoms with Crippen molar-refractivity contribution in [3.8, 4) is 0 Å². The van der Waals surface area contributed by atoms with Crippen molar-refractivity contribution in [1.82, 2.24) is 20.5 Å². The monoisotopic (exact) mass is 266 g/mol. The molecule has 1 aliphatic heterocycles. The standard InChI is InChI=1S/C14H26N4O/c1-11-13(17-19-16-11)10-18-7-5-12(6-8-18)9-15-14(2,3)4/h12,15H,5-10H2,1-4H3. The van der Waals surface area contributed by atoms with Crippen molar-refractivity contribution in [2.45, 2.75) is 52.6 Å². The lowest BCUT2D eigenvalue weighted by Crippen LogP contribution is -2.42. The summed E-state index contributed by atoms with van der Waals surface area (Å²) in [4.78, 5) is 2.44. The first-order valence-electron chi connectivity index (χ1n) is 7.19. The molecule has 5 nitrogen and oxygen atoms in total. The highest BCUT2D eigenvalue weighted by Crippen LogP contribution is 2.19. The molecule has 0 spiro atoms. The van der Waals surface area contributed by atoms with E-state index in [0.29, 0.717) is 0 Å². The summed E-state index contributed by atoms with van der Waals surface area (Å²) in [7, 11) is 0. The van der Waals surface area contributed by atoms with Crippen LogP contribution in [0.1, 0.15) is 45.0 Å². The van der Waals surface area contributed by atoms with Gasteiger partial charge < -0.3 is 5.32 Å². The number of hydrogen-bond donors (Lipinski definition) is 1. The summed E-state index contributed by atoms with van der Waals surface area (Å²) in [5.41, 5.74) is 2.11. The molecule has 19 heavy (non-hydrogen) atoms. The van der Waals surface area contributed by atoms with Crippen molar-refractivity contribution >= 4 is 0 Å². The average Bonchev–Trinajstić information content (AvgIpc) is 2.73. The number of piperidine rings is 1. The van der Waals surface area contributed by atoms with Gasteiger partial charge in [0.1, 0.15) is 11.4 Å². The lowest BCUT2D eigenvalue weighted by Gasteiger charge is -2.33. The Morgan fingerprint density at radius 3 is 2.47 bits per heavy atom. The minimum Gasteiger partial charge on any atom is -0.312 e. The smallest absolute Gasteiger partial charge is 0.122 e. The molecule has 0 amide bonds. The van der Waals surface area contributed by atoms with E-state index >= 15 is 0 Å². The maximum Gasteiger partial charge on any atom is 0.122 e. The quantitative estimate of drug-likeness (QED) is 0.903. The first kappa shape index (κ1) is 14.5. The molecule has 1 aromatic heterocycles. The third-order valence-electron chi connectivity index (χ3n) is 3.75. The second kappa shape index (κ2) is 6.01. The van der Waals surface area contributed by atoms with Gasteiger partial charge in [0.15, 0.2) is 0 Å². The molecule has 2 heterocycles. The predicted molar refractivity (Wildman–Crippen MR) is 74.8 cm³/mol. The van der Waals surface area contributed by atoms with Crippen LogP contribution in [0.3, 0.4) is 0 Å². The number of nitrogens with one attached hydrogen (secondary N) is 1. The molecule has 0 saturated carbocycles. The molecular formula is C14H26N4O. The predicted octanol–water partition coefficient (Wildman–Crippen LogP) is 1.98. The highest BCUT2D eigenvalue weighted by atomic mass is 16.6. The Hall–Kier alpha value is -0.940. The molecule has 0 radical (unpaired) electrons.